The molecule has 3 N–H and O–H groups in total. The Hall–Kier alpha value is -2.01. The minimum atomic E-state index is -0.127. The van der Waals surface area contributed by atoms with Gasteiger partial charge in [-0.2, -0.15) is 0 Å². The molecule has 1 amide bonds. The Morgan fingerprint density at radius 2 is 2.27 bits per heavy atom. The van der Waals surface area contributed by atoms with E-state index in [9.17, 15) is 4.79 Å². The van der Waals surface area contributed by atoms with E-state index >= 15 is 0 Å². The lowest BCUT2D eigenvalue weighted by Gasteiger charge is -2.18. The largest absolute Gasteiger partial charge is 0.497 e. The minimum Gasteiger partial charge on any atom is -0.497 e. The molecule has 0 spiro atoms. The van der Waals surface area contributed by atoms with E-state index in [1.165, 1.54) is 4.88 Å². The van der Waals surface area contributed by atoms with Crippen molar-refractivity contribution >= 4 is 27.9 Å². The van der Waals surface area contributed by atoms with Crippen molar-refractivity contribution in [3.05, 3.63) is 40.3 Å². The van der Waals surface area contributed by atoms with Crippen molar-refractivity contribution in [3.63, 3.8) is 0 Å². The highest BCUT2D eigenvalue weighted by molar-refractivity contribution is 7.16. The predicted octanol–water partition coefficient (Wildman–Crippen LogP) is 3.72. The van der Waals surface area contributed by atoms with E-state index in [4.69, 9.17) is 10.5 Å². The highest BCUT2D eigenvalue weighted by Crippen LogP contribution is 2.38. The second-order valence-electron chi connectivity index (χ2n) is 5.78. The number of carbonyl (C=O) groups excluding carboxylic acids is 1. The standard InChI is InChI=1S/C17H20N2O2S/c1-10-6-7-13-14(8-10)22-16(18)15(13)17(20)19-11-4-3-5-12(9-11)21-2/h3-5,9-10H,6-8,18H2,1-2H3,(H,19,20). The van der Waals surface area contributed by atoms with Crippen molar-refractivity contribution in [2.45, 2.75) is 26.2 Å². The topological polar surface area (TPSA) is 64.3 Å². The van der Waals surface area contributed by atoms with Gasteiger partial charge in [0.1, 0.15) is 5.75 Å². The third kappa shape index (κ3) is 2.81. The molecule has 0 fully saturated rings. The summed E-state index contributed by atoms with van der Waals surface area (Å²) < 4.78 is 5.18. The molecule has 116 valence electrons. The van der Waals surface area contributed by atoms with Gasteiger partial charge in [0.15, 0.2) is 0 Å². The third-order valence-corrected chi connectivity index (χ3v) is 5.18. The minimum absolute atomic E-state index is 0.127. The average molecular weight is 316 g/mol. The van der Waals surface area contributed by atoms with Gasteiger partial charge in [0, 0.05) is 16.6 Å². The quantitative estimate of drug-likeness (QED) is 0.907. The van der Waals surface area contributed by atoms with Gasteiger partial charge in [-0.15, -0.1) is 11.3 Å². The van der Waals surface area contributed by atoms with Crippen LogP contribution in [0.15, 0.2) is 24.3 Å². The maximum atomic E-state index is 12.6. The van der Waals surface area contributed by atoms with Gasteiger partial charge >= 0.3 is 0 Å². The predicted molar refractivity (Wildman–Crippen MR) is 90.9 cm³/mol. The molecule has 4 nitrogen and oxygen atoms in total. The van der Waals surface area contributed by atoms with Crippen molar-refractivity contribution in [1.82, 2.24) is 0 Å². The zero-order chi connectivity index (χ0) is 15.7. The van der Waals surface area contributed by atoms with Crippen LogP contribution in [0.3, 0.4) is 0 Å². The Morgan fingerprint density at radius 1 is 1.45 bits per heavy atom. The highest BCUT2D eigenvalue weighted by atomic mass is 32.1. The van der Waals surface area contributed by atoms with Crippen molar-refractivity contribution in [1.29, 1.82) is 0 Å². The second-order valence-corrected chi connectivity index (χ2v) is 6.91. The molecule has 1 aliphatic rings. The summed E-state index contributed by atoms with van der Waals surface area (Å²) in [4.78, 5) is 13.9. The van der Waals surface area contributed by atoms with Crippen LogP contribution in [0.25, 0.3) is 0 Å². The molecule has 0 bridgehead atoms. The number of rotatable bonds is 3. The number of fused-ring (bicyclic) bond motifs is 1. The van der Waals surface area contributed by atoms with Crippen LogP contribution in [-0.2, 0) is 12.8 Å². The van der Waals surface area contributed by atoms with Crippen LogP contribution in [0.1, 0.15) is 34.1 Å². The van der Waals surface area contributed by atoms with E-state index in [1.807, 2.05) is 18.2 Å². The molecular formula is C17H20N2O2S. The molecule has 3 rings (SSSR count). The number of nitrogens with two attached hydrogens (primary N) is 1. The fourth-order valence-electron chi connectivity index (χ4n) is 2.92. The van der Waals surface area contributed by atoms with Crippen LogP contribution in [0.4, 0.5) is 10.7 Å². The summed E-state index contributed by atoms with van der Waals surface area (Å²) in [5.41, 5.74) is 8.63. The number of nitrogen functional groups attached to an aromatic ring is 1. The first-order valence-corrected chi connectivity index (χ1v) is 8.25. The van der Waals surface area contributed by atoms with E-state index in [0.29, 0.717) is 27.9 Å². The van der Waals surface area contributed by atoms with Gasteiger partial charge in [-0.25, -0.2) is 0 Å². The maximum Gasteiger partial charge on any atom is 0.258 e. The Labute approximate surface area is 134 Å². The van der Waals surface area contributed by atoms with Gasteiger partial charge in [-0.05, 0) is 42.9 Å². The van der Waals surface area contributed by atoms with Crippen molar-refractivity contribution < 1.29 is 9.53 Å². The molecule has 1 aromatic carbocycles. The SMILES string of the molecule is COc1cccc(NC(=O)c2c(N)sc3c2CCC(C)C3)c1. The monoisotopic (exact) mass is 316 g/mol. The van der Waals surface area contributed by atoms with Crippen LogP contribution in [0, 0.1) is 5.92 Å². The fourth-order valence-corrected chi connectivity index (χ4v) is 4.19. The van der Waals surface area contributed by atoms with Gasteiger partial charge in [0.05, 0.1) is 17.7 Å². The summed E-state index contributed by atoms with van der Waals surface area (Å²) in [5.74, 6) is 1.25. The second kappa shape index (κ2) is 6.01. The summed E-state index contributed by atoms with van der Waals surface area (Å²) in [6, 6.07) is 7.34. The van der Waals surface area contributed by atoms with Crippen LogP contribution < -0.4 is 15.8 Å². The van der Waals surface area contributed by atoms with E-state index in [2.05, 4.69) is 12.2 Å². The lowest BCUT2D eigenvalue weighted by Crippen LogP contribution is -2.17. The number of amides is 1. The molecule has 1 heterocycles. The molecule has 1 unspecified atom stereocenters. The molecule has 5 heteroatoms. The molecule has 0 saturated heterocycles. The number of carbonyl (C=O) groups is 1. The molecule has 1 atom stereocenters. The van der Waals surface area contributed by atoms with Crippen LogP contribution in [0.5, 0.6) is 5.75 Å². The van der Waals surface area contributed by atoms with E-state index in [-0.39, 0.29) is 5.91 Å². The third-order valence-electron chi connectivity index (χ3n) is 4.09. The normalized spacial score (nSPS) is 16.9. The number of thiophene rings is 1. The number of nitrogens with one attached hydrogen (secondary N) is 1. The number of methoxy groups -OCH3 is 1. The lowest BCUT2D eigenvalue weighted by molar-refractivity contribution is 0.102. The first kappa shape index (κ1) is 14.9. The summed E-state index contributed by atoms with van der Waals surface area (Å²) in [7, 11) is 1.61. The Bertz CT molecular complexity index is 709. The van der Waals surface area contributed by atoms with Crippen molar-refractivity contribution in [2.75, 3.05) is 18.2 Å². The summed E-state index contributed by atoms with van der Waals surface area (Å²) in [5, 5.41) is 3.55. The fraction of sp³-hybridized carbons (Fsp3) is 0.353. The molecule has 0 radical (unpaired) electrons. The number of anilines is 2. The molecule has 22 heavy (non-hydrogen) atoms. The van der Waals surface area contributed by atoms with Crippen LogP contribution >= 0.6 is 11.3 Å². The summed E-state index contributed by atoms with van der Waals surface area (Å²) in [6.45, 7) is 2.24. The van der Waals surface area contributed by atoms with E-state index < -0.39 is 0 Å². The van der Waals surface area contributed by atoms with Crippen molar-refractivity contribution in [3.8, 4) is 5.75 Å². The summed E-state index contributed by atoms with van der Waals surface area (Å²) in [6.07, 6.45) is 3.07. The first-order chi connectivity index (χ1) is 10.6. The van der Waals surface area contributed by atoms with Gasteiger partial charge in [0.2, 0.25) is 0 Å². The molecule has 2 aromatic rings. The highest BCUT2D eigenvalue weighted by Gasteiger charge is 2.26. The van der Waals surface area contributed by atoms with Crippen LogP contribution in [-0.4, -0.2) is 13.0 Å². The number of hydrogen-bond acceptors (Lipinski definition) is 4. The zero-order valence-corrected chi connectivity index (χ0v) is 13.6. The number of ether oxygens (including phenoxy) is 1. The van der Waals surface area contributed by atoms with Crippen molar-refractivity contribution in [2.24, 2.45) is 5.92 Å². The van der Waals surface area contributed by atoms with E-state index in [0.717, 1.165) is 24.8 Å². The number of benzene rings is 1. The Kier molecular flexibility index (Phi) is 4.07. The molecule has 1 aliphatic carbocycles. The molecule has 0 aliphatic heterocycles. The van der Waals surface area contributed by atoms with Gasteiger partial charge in [-0.3, -0.25) is 4.79 Å². The molecule has 0 saturated carbocycles. The molecule has 1 aromatic heterocycles. The Balaban J connectivity index is 1.86. The summed E-state index contributed by atoms with van der Waals surface area (Å²) >= 11 is 1.56. The maximum absolute atomic E-state index is 12.6. The van der Waals surface area contributed by atoms with E-state index in [1.54, 1.807) is 24.5 Å². The van der Waals surface area contributed by atoms with Gasteiger partial charge < -0.3 is 15.8 Å². The molecular weight excluding hydrogens is 296 g/mol. The van der Waals surface area contributed by atoms with Crippen LogP contribution in [0.2, 0.25) is 0 Å². The zero-order valence-electron chi connectivity index (χ0n) is 12.8. The lowest BCUT2D eigenvalue weighted by atomic mass is 9.88. The van der Waals surface area contributed by atoms with Gasteiger partial charge in [0.25, 0.3) is 5.91 Å². The Morgan fingerprint density at radius 3 is 3.05 bits per heavy atom. The smallest absolute Gasteiger partial charge is 0.258 e. The first-order valence-electron chi connectivity index (χ1n) is 7.44. The van der Waals surface area contributed by atoms with Gasteiger partial charge in [-0.1, -0.05) is 13.0 Å². The number of hydrogen-bond donors (Lipinski definition) is 2. The average Bonchev–Trinajstić information content (AvgIpc) is 2.82.